The van der Waals surface area contributed by atoms with Crippen molar-refractivity contribution in [3.63, 3.8) is 0 Å². The molecular weight excluding hydrogens is 247 g/mol. The van der Waals surface area contributed by atoms with Gasteiger partial charge in [0.15, 0.2) is 0 Å². The second-order valence-corrected chi connectivity index (χ2v) is 3.64. The maximum atomic E-state index is 10.6. The molecule has 0 aromatic heterocycles. The van der Waals surface area contributed by atoms with Gasteiger partial charge in [-0.25, -0.2) is 4.57 Å². The molecule has 10 nitrogen and oxygen atoms in total. The van der Waals surface area contributed by atoms with Gasteiger partial charge in [-0.15, -0.1) is 0 Å². The van der Waals surface area contributed by atoms with Crippen LogP contribution in [0.25, 0.3) is 0 Å². The summed E-state index contributed by atoms with van der Waals surface area (Å²) in [6.45, 7) is -0.773. The predicted octanol–water partition coefficient (Wildman–Crippen LogP) is -1.95. The van der Waals surface area contributed by atoms with Gasteiger partial charge in [-0.1, -0.05) is 0 Å². The molecule has 0 heterocycles. The summed E-state index contributed by atoms with van der Waals surface area (Å²) in [6.07, 6.45) is -3.99. The molecule has 0 unspecified atom stereocenters. The van der Waals surface area contributed by atoms with E-state index >= 15 is 0 Å². The Balaban J connectivity index is -0.000000845. The zero-order chi connectivity index (χ0) is 11.4. The van der Waals surface area contributed by atoms with Crippen LogP contribution in [0.15, 0.2) is 0 Å². The Morgan fingerprint density at radius 3 is 1.94 bits per heavy atom. The van der Waals surface area contributed by atoms with Gasteiger partial charge in [0.25, 0.3) is 0 Å². The molecule has 0 aromatic rings. The van der Waals surface area contributed by atoms with Crippen LogP contribution in [0.2, 0.25) is 0 Å². The Morgan fingerprint density at radius 2 is 1.62 bits per heavy atom. The van der Waals surface area contributed by atoms with Gasteiger partial charge >= 0.3 is 13.8 Å². The van der Waals surface area contributed by atoms with E-state index in [-0.39, 0.29) is 12.3 Å². The molecule has 0 aliphatic rings. The molecule has 0 radical (unpaired) electrons. The van der Waals surface area contributed by atoms with E-state index in [9.17, 15) is 9.36 Å². The minimum Gasteiger partial charge on any atom is -0.394 e. The van der Waals surface area contributed by atoms with Crippen LogP contribution in [0.4, 0.5) is 0 Å². The molecule has 100 valence electrons. The van der Waals surface area contributed by atoms with Crippen LogP contribution in [0.5, 0.6) is 0 Å². The van der Waals surface area contributed by atoms with E-state index in [0.29, 0.717) is 0 Å². The average molecular weight is 264 g/mol. The van der Waals surface area contributed by atoms with Crippen LogP contribution in [0.1, 0.15) is 6.42 Å². The molecule has 0 aliphatic carbocycles. The van der Waals surface area contributed by atoms with E-state index in [1.807, 2.05) is 0 Å². The first-order valence-electron chi connectivity index (χ1n) is 3.51. The van der Waals surface area contributed by atoms with E-state index in [1.165, 1.54) is 0 Å². The van der Waals surface area contributed by atoms with Crippen molar-refractivity contribution in [2.75, 3.05) is 6.61 Å². The molecule has 11 N–H and O–H groups in total. The third kappa shape index (κ3) is 9.96. The van der Waals surface area contributed by atoms with Gasteiger partial charge in [-0.3, -0.25) is 14.6 Å². The van der Waals surface area contributed by atoms with Gasteiger partial charge in [0.1, 0.15) is 6.10 Å². The minimum absolute atomic E-state index is 0. The zero-order valence-corrected chi connectivity index (χ0v) is 9.29. The molecule has 0 aromatic carbocycles. The molecule has 0 bridgehead atoms. The average Bonchev–Trinajstić information content (AvgIpc) is 1.99. The lowest BCUT2D eigenvalue weighted by atomic mass is 10.1. The third-order valence-electron chi connectivity index (χ3n) is 1.23. The largest absolute Gasteiger partial charge is 0.526 e. The second kappa shape index (κ2) is 8.56. The lowest BCUT2D eigenvalue weighted by Gasteiger charge is -2.14. The van der Waals surface area contributed by atoms with Crippen molar-refractivity contribution in [1.82, 2.24) is 12.3 Å². The Kier molecular flexibility index (Phi) is 11.1. The van der Waals surface area contributed by atoms with E-state index < -0.39 is 39.0 Å². The number of carbonyl (C=O) groups excluding carboxylic acids is 1. The molecule has 0 aliphatic heterocycles. The first-order valence-corrected chi connectivity index (χ1v) is 5.04. The summed E-state index contributed by atoms with van der Waals surface area (Å²) in [5.74, 6) is -1.36. The number of aliphatic hydroxyl groups excluding tert-OH is 3. The minimum atomic E-state index is -4.92. The fourth-order valence-corrected chi connectivity index (χ4v) is 0.938. The molecule has 0 saturated carbocycles. The summed E-state index contributed by atoms with van der Waals surface area (Å²) >= 11 is 0. The van der Waals surface area contributed by atoms with Gasteiger partial charge in [-0.2, -0.15) is 0 Å². The van der Waals surface area contributed by atoms with Crippen LogP contribution in [-0.2, 0) is 13.9 Å². The molecule has 11 heteroatoms. The molecule has 0 fully saturated rings. The fourth-order valence-electron chi connectivity index (χ4n) is 0.598. The topological polar surface area (TPSA) is 215 Å². The monoisotopic (exact) mass is 264 g/mol. The summed E-state index contributed by atoms with van der Waals surface area (Å²) in [7, 11) is -4.92. The number of phosphoric acid groups is 1. The number of hydrogen-bond acceptors (Lipinski definition) is 8. The SMILES string of the molecule is N.N.O=C(C[C@H](O)[C@H](O)CO)OP(=O)(O)O. The molecule has 2 atom stereocenters. The van der Waals surface area contributed by atoms with Crippen molar-refractivity contribution in [1.29, 1.82) is 0 Å². The van der Waals surface area contributed by atoms with Gasteiger partial charge in [0.05, 0.1) is 19.1 Å². The molecular formula is C5H17N2O8P. The summed E-state index contributed by atoms with van der Waals surface area (Å²) in [5, 5.41) is 26.0. The number of hydrogen-bond donors (Lipinski definition) is 7. The van der Waals surface area contributed by atoms with Gasteiger partial charge < -0.3 is 32.1 Å². The Morgan fingerprint density at radius 1 is 1.19 bits per heavy atom. The van der Waals surface area contributed by atoms with Crippen molar-refractivity contribution in [3.8, 4) is 0 Å². The first kappa shape index (κ1) is 20.8. The number of aliphatic hydroxyl groups is 3. The van der Waals surface area contributed by atoms with Crippen molar-refractivity contribution >= 4 is 13.8 Å². The van der Waals surface area contributed by atoms with E-state index in [4.69, 9.17) is 25.1 Å². The lowest BCUT2D eigenvalue weighted by molar-refractivity contribution is -0.140. The van der Waals surface area contributed by atoms with Crippen molar-refractivity contribution in [2.45, 2.75) is 18.6 Å². The highest BCUT2D eigenvalue weighted by Crippen LogP contribution is 2.36. The second-order valence-electron chi connectivity index (χ2n) is 2.48. The third-order valence-corrected chi connectivity index (χ3v) is 1.67. The van der Waals surface area contributed by atoms with Crippen LogP contribution in [-0.4, -0.2) is 49.9 Å². The van der Waals surface area contributed by atoms with E-state index in [2.05, 4.69) is 4.52 Å². The van der Waals surface area contributed by atoms with Crippen molar-refractivity contribution < 1.29 is 39.0 Å². The zero-order valence-electron chi connectivity index (χ0n) is 8.39. The highest BCUT2D eigenvalue weighted by Gasteiger charge is 2.25. The van der Waals surface area contributed by atoms with Crippen molar-refractivity contribution in [3.05, 3.63) is 0 Å². The Hall–Kier alpha value is -0.580. The quantitative estimate of drug-likeness (QED) is 0.272. The Labute approximate surface area is 91.3 Å². The van der Waals surface area contributed by atoms with Gasteiger partial charge in [0, 0.05) is 0 Å². The van der Waals surface area contributed by atoms with Crippen LogP contribution in [0, 0.1) is 0 Å². The summed E-state index contributed by atoms with van der Waals surface area (Å²) in [4.78, 5) is 27.0. The van der Waals surface area contributed by atoms with Crippen LogP contribution < -0.4 is 12.3 Å². The summed E-state index contributed by atoms with van der Waals surface area (Å²) < 4.78 is 13.7. The smallest absolute Gasteiger partial charge is 0.394 e. The molecule has 0 spiro atoms. The Bertz CT molecular complexity index is 243. The molecule has 0 saturated heterocycles. The molecule has 0 rings (SSSR count). The van der Waals surface area contributed by atoms with E-state index in [0.717, 1.165) is 0 Å². The standard InChI is InChI=1S/C5H11O8P.2H3N/c6-2-4(8)3(7)1-5(9)13-14(10,11)12;;/h3-4,6-8H,1-2H2,(H2,10,11,12);2*1H3/t3-,4+;;/m0../s1. The predicted molar refractivity (Wildman–Crippen MR) is 51.9 cm³/mol. The highest BCUT2D eigenvalue weighted by molar-refractivity contribution is 7.46. The number of rotatable bonds is 5. The van der Waals surface area contributed by atoms with Gasteiger partial charge in [-0.05, 0) is 0 Å². The number of phosphoric ester groups is 1. The number of carbonyl (C=O) groups is 1. The van der Waals surface area contributed by atoms with E-state index in [1.54, 1.807) is 0 Å². The maximum absolute atomic E-state index is 10.6. The molecule has 16 heavy (non-hydrogen) atoms. The summed E-state index contributed by atoms with van der Waals surface area (Å²) in [5.41, 5.74) is 0. The summed E-state index contributed by atoms with van der Waals surface area (Å²) in [6, 6.07) is 0. The highest BCUT2D eigenvalue weighted by atomic mass is 31.2. The van der Waals surface area contributed by atoms with Crippen molar-refractivity contribution in [2.24, 2.45) is 0 Å². The van der Waals surface area contributed by atoms with Crippen LogP contribution in [0.3, 0.4) is 0 Å². The van der Waals surface area contributed by atoms with Crippen LogP contribution >= 0.6 is 7.82 Å². The normalized spacial score (nSPS) is 14.1. The maximum Gasteiger partial charge on any atom is 0.526 e. The first-order chi connectivity index (χ1) is 6.26. The van der Waals surface area contributed by atoms with Gasteiger partial charge in [0.2, 0.25) is 0 Å². The fraction of sp³-hybridized carbons (Fsp3) is 0.800. The lowest BCUT2D eigenvalue weighted by Crippen LogP contribution is -2.31. The molecule has 0 amide bonds.